The molecular formula is C26H30N6O2. The third-order valence-electron chi connectivity index (χ3n) is 6.36. The average molecular weight is 459 g/mol. The lowest BCUT2D eigenvalue weighted by Gasteiger charge is -2.37. The molecule has 176 valence electrons. The Balaban J connectivity index is 1.49. The van der Waals surface area contributed by atoms with Gasteiger partial charge in [-0.2, -0.15) is 10.4 Å². The van der Waals surface area contributed by atoms with Crippen LogP contribution in [0.1, 0.15) is 44.6 Å². The van der Waals surface area contributed by atoms with E-state index in [0.717, 1.165) is 54.1 Å². The van der Waals surface area contributed by atoms with Crippen LogP contribution in [-0.4, -0.2) is 39.9 Å². The van der Waals surface area contributed by atoms with Crippen molar-refractivity contribution >= 4 is 17.4 Å². The number of nitrogens with zero attached hydrogens (tertiary/aromatic N) is 5. The van der Waals surface area contributed by atoms with Crippen LogP contribution in [0.2, 0.25) is 0 Å². The number of anilines is 2. The Hall–Kier alpha value is -3.86. The SMILES string of the molecule is CCC(=O)N(c1ccc(-c2cnn(C)c2)c(OC)c1)[C@H]1CC[C@H](Nc2ccc(C#N)cn2)CC1. The van der Waals surface area contributed by atoms with Crippen LogP contribution in [0.15, 0.2) is 48.9 Å². The van der Waals surface area contributed by atoms with E-state index in [-0.39, 0.29) is 18.0 Å². The summed E-state index contributed by atoms with van der Waals surface area (Å²) in [7, 11) is 3.54. The van der Waals surface area contributed by atoms with E-state index < -0.39 is 0 Å². The number of hydrogen-bond acceptors (Lipinski definition) is 6. The fourth-order valence-electron chi connectivity index (χ4n) is 4.59. The Labute approximate surface area is 200 Å². The molecule has 8 nitrogen and oxygen atoms in total. The number of pyridine rings is 1. The molecule has 1 saturated carbocycles. The lowest BCUT2D eigenvalue weighted by atomic mass is 9.89. The maximum absolute atomic E-state index is 13.0. The van der Waals surface area contributed by atoms with E-state index in [1.165, 1.54) is 0 Å². The number of hydrogen-bond donors (Lipinski definition) is 1. The summed E-state index contributed by atoms with van der Waals surface area (Å²) in [5.41, 5.74) is 3.34. The second-order valence-electron chi connectivity index (χ2n) is 8.60. The molecule has 1 aliphatic carbocycles. The van der Waals surface area contributed by atoms with Gasteiger partial charge in [-0.05, 0) is 49.9 Å². The summed E-state index contributed by atoms with van der Waals surface area (Å²) in [6, 6.07) is 12.1. The standard InChI is InChI=1S/C26H30N6O2/c1-4-26(33)32(22-10-11-23(24(13-22)34-3)19-16-29-31(2)17-19)21-8-6-20(7-9-21)30-25-12-5-18(14-27)15-28-25/h5,10-13,15-17,20-21H,4,6-9H2,1-3H3,(H,28,30)/t20-,21-. The number of carbonyl (C=O) groups excluding carboxylic acids is 1. The highest BCUT2D eigenvalue weighted by Crippen LogP contribution is 2.36. The zero-order valence-electron chi connectivity index (χ0n) is 19.9. The fraction of sp³-hybridized carbons (Fsp3) is 0.385. The fourth-order valence-corrected chi connectivity index (χ4v) is 4.59. The highest BCUT2D eigenvalue weighted by Gasteiger charge is 2.30. The number of nitrogens with one attached hydrogen (secondary N) is 1. The van der Waals surface area contributed by atoms with Crippen LogP contribution < -0.4 is 15.0 Å². The van der Waals surface area contributed by atoms with Gasteiger partial charge < -0.3 is 15.0 Å². The van der Waals surface area contributed by atoms with Gasteiger partial charge in [0.1, 0.15) is 17.6 Å². The average Bonchev–Trinajstić information content (AvgIpc) is 3.31. The van der Waals surface area contributed by atoms with Gasteiger partial charge in [-0.25, -0.2) is 4.98 Å². The predicted molar refractivity (Wildman–Crippen MR) is 132 cm³/mol. The monoisotopic (exact) mass is 458 g/mol. The summed E-state index contributed by atoms with van der Waals surface area (Å²) in [5.74, 6) is 1.61. The van der Waals surface area contributed by atoms with Gasteiger partial charge in [0.05, 0.1) is 18.9 Å². The molecule has 0 aliphatic heterocycles. The van der Waals surface area contributed by atoms with Crippen molar-refractivity contribution in [1.82, 2.24) is 14.8 Å². The van der Waals surface area contributed by atoms with E-state index in [9.17, 15) is 4.79 Å². The normalized spacial score (nSPS) is 17.6. The lowest BCUT2D eigenvalue weighted by molar-refractivity contribution is -0.118. The van der Waals surface area contributed by atoms with Crippen LogP contribution in [0.3, 0.4) is 0 Å². The molecule has 4 rings (SSSR count). The molecule has 0 saturated heterocycles. The minimum atomic E-state index is 0.112. The van der Waals surface area contributed by atoms with Crippen LogP contribution in [0.5, 0.6) is 5.75 Å². The van der Waals surface area contributed by atoms with E-state index in [4.69, 9.17) is 10.00 Å². The second-order valence-corrected chi connectivity index (χ2v) is 8.60. The van der Waals surface area contributed by atoms with Crippen molar-refractivity contribution in [3.05, 3.63) is 54.5 Å². The smallest absolute Gasteiger partial charge is 0.226 e. The number of aryl methyl sites for hydroxylation is 1. The summed E-state index contributed by atoms with van der Waals surface area (Å²) in [5, 5.41) is 16.7. The van der Waals surface area contributed by atoms with E-state index in [0.29, 0.717) is 12.0 Å². The van der Waals surface area contributed by atoms with Gasteiger partial charge in [0.15, 0.2) is 0 Å². The molecule has 1 aromatic carbocycles. The van der Waals surface area contributed by atoms with E-state index in [1.807, 2.05) is 55.5 Å². The minimum Gasteiger partial charge on any atom is -0.496 e. The van der Waals surface area contributed by atoms with Crippen molar-refractivity contribution < 1.29 is 9.53 Å². The summed E-state index contributed by atoms with van der Waals surface area (Å²) < 4.78 is 7.45. The number of carbonyl (C=O) groups is 1. The first-order chi connectivity index (χ1) is 16.5. The van der Waals surface area contributed by atoms with Crippen LogP contribution in [0.4, 0.5) is 11.5 Å². The van der Waals surface area contributed by atoms with Crippen molar-refractivity contribution in [3.63, 3.8) is 0 Å². The van der Waals surface area contributed by atoms with E-state index in [1.54, 1.807) is 24.1 Å². The summed E-state index contributed by atoms with van der Waals surface area (Å²) >= 11 is 0. The third kappa shape index (κ3) is 5.04. The molecular weight excluding hydrogens is 428 g/mol. The molecule has 2 heterocycles. The van der Waals surface area contributed by atoms with Crippen LogP contribution in [0.25, 0.3) is 11.1 Å². The molecule has 3 aromatic rings. The molecule has 1 aliphatic rings. The Kier molecular flexibility index (Phi) is 7.12. The third-order valence-corrected chi connectivity index (χ3v) is 6.36. The Morgan fingerprint density at radius 3 is 2.62 bits per heavy atom. The second kappa shape index (κ2) is 10.4. The molecule has 0 radical (unpaired) electrons. The molecule has 1 N–H and O–H groups in total. The number of aromatic nitrogens is 3. The molecule has 2 aromatic heterocycles. The number of methoxy groups -OCH3 is 1. The number of nitriles is 1. The summed E-state index contributed by atoms with van der Waals surface area (Å²) in [6.07, 6.45) is 9.44. The van der Waals surface area contributed by atoms with E-state index in [2.05, 4.69) is 21.5 Å². The Morgan fingerprint density at radius 1 is 1.24 bits per heavy atom. The zero-order valence-corrected chi connectivity index (χ0v) is 19.9. The lowest BCUT2D eigenvalue weighted by Crippen LogP contribution is -2.44. The van der Waals surface area contributed by atoms with Crippen molar-refractivity contribution in [2.24, 2.45) is 7.05 Å². The van der Waals surface area contributed by atoms with Gasteiger partial charge >= 0.3 is 0 Å². The van der Waals surface area contributed by atoms with Gasteiger partial charge in [0.25, 0.3) is 0 Å². The highest BCUT2D eigenvalue weighted by atomic mass is 16.5. The summed E-state index contributed by atoms with van der Waals surface area (Å²) in [4.78, 5) is 19.3. The summed E-state index contributed by atoms with van der Waals surface area (Å²) in [6.45, 7) is 1.90. The minimum absolute atomic E-state index is 0.112. The highest BCUT2D eigenvalue weighted by molar-refractivity contribution is 5.94. The van der Waals surface area contributed by atoms with Crippen molar-refractivity contribution in [2.45, 2.75) is 51.1 Å². The van der Waals surface area contributed by atoms with E-state index >= 15 is 0 Å². The van der Waals surface area contributed by atoms with Gasteiger partial charge in [0.2, 0.25) is 5.91 Å². The van der Waals surface area contributed by atoms with Gasteiger partial charge in [-0.1, -0.05) is 6.92 Å². The molecule has 0 spiro atoms. The van der Waals surface area contributed by atoms with Gasteiger partial charge in [-0.15, -0.1) is 0 Å². The number of rotatable bonds is 7. The zero-order chi connectivity index (χ0) is 24.1. The Morgan fingerprint density at radius 2 is 2.03 bits per heavy atom. The predicted octanol–water partition coefficient (Wildman–Crippen LogP) is 4.53. The molecule has 1 fully saturated rings. The number of amides is 1. The molecule has 1 amide bonds. The maximum Gasteiger partial charge on any atom is 0.226 e. The molecule has 0 bridgehead atoms. The largest absolute Gasteiger partial charge is 0.496 e. The first-order valence-electron chi connectivity index (χ1n) is 11.6. The van der Waals surface area contributed by atoms with Crippen molar-refractivity contribution in [1.29, 1.82) is 5.26 Å². The van der Waals surface area contributed by atoms with Crippen molar-refractivity contribution in [3.8, 4) is 22.9 Å². The van der Waals surface area contributed by atoms with Crippen molar-refractivity contribution in [2.75, 3.05) is 17.3 Å². The van der Waals surface area contributed by atoms with Crippen LogP contribution in [-0.2, 0) is 11.8 Å². The van der Waals surface area contributed by atoms with Crippen LogP contribution >= 0.6 is 0 Å². The molecule has 0 unspecified atom stereocenters. The first kappa shape index (κ1) is 23.3. The quantitative estimate of drug-likeness (QED) is 0.559. The number of benzene rings is 1. The maximum atomic E-state index is 13.0. The number of ether oxygens (including phenoxy) is 1. The molecule has 34 heavy (non-hydrogen) atoms. The van der Waals surface area contributed by atoms with Crippen LogP contribution in [0, 0.1) is 11.3 Å². The van der Waals surface area contributed by atoms with Gasteiger partial charge in [0, 0.05) is 60.8 Å². The molecule has 8 heteroatoms. The molecule has 0 atom stereocenters. The topological polar surface area (TPSA) is 96.1 Å². The Bertz CT molecular complexity index is 1170. The first-order valence-corrected chi connectivity index (χ1v) is 11.6. The van der Waals surface area contributed by atoms with Gasteiger partial charge in [-0.3, -0.25) is 9.48 Å².